The molecule has 1 heteroatoms. The van der Waals surface area contributed by atoms with Crippen molar-refractivity contribution in [2.45, 2.75) is 33.1 Å². The van der Waals surface area contributed by atoms with Crippen molar-refractivity contribution in [1.29, 1.82) is 0 Å². The molecule has 3 rings (SSSR count). The minimum atomic E-state index is 0.229. The zero-order chi connectivity index (χ0) is 15.0. The van der Waals surface area contributed by atoms with Gasteiger partial charge in [-0.1, -0.05) is 66.6 Å². The van der Waals surface area contributed by atoms with Crippen LogP contribution in [-0.2, 0) is 0 Å². The van der Waals surface area contributed by atoms with E-state index in [4.69, 9.17) is 0 Å². The van der Waals surface area contributed by atoms with Crippen LogP contribution in [0.2, 0.25) is 0 Å². The summed E-state index contributed by atoms with van der Waals surface area (Å²) in [6.07, 6.45) is 5.01. The summed E-state index contributed by atoms with van der Waals surface area (Å²) in [5, 5.41) is 2.21. The Kier molecular flexibility index (Phi) is 3.50. The lowest BCUT2D eigenvalue weighted by Crippen LogP contribution is -2.07. The first-order valence-corrected chi connectivity index (χ1v) is 7.53. The maximum absolute atomic E-state index is 12.6. The van der Waals surface area contributed by atoms with Crippen LogP contribution in [0.1, 0.15) is 49.0 Å². The SMILES string of the molecule is CCC(=O)c1c(C2C=C(C)C=C2C)ccc2ccccc12. The van der Waals surface area contributed by atoms with Gasteiger partial charge in [0.2, 0.25) is 0 Å². The Morgan fingerprint density at radius 2 is 1.86 bits per heavy atom. The fraction of sp³-hybridized carbons (Fsp3) is 0.250. The number of rotatable bonds is 3. The Morgan fingerprint density at radius 3 is 2.52 bits per heavy atom. The smallest absolute Gasteiger partial charge is 0.163 e. The topological polar surface area (TPSA) is 17.1 Å². The third kappa shape index (κ3) is 2.33. The zero-order valence-electron chi connectivity index (χ0n) is 12.8. The van der Waals surface area contributed by atoms with Crippen molar-refractivity contribution in [3.63, 3.8) is 0 Å². The minimum Gasteiger partial charge on any atom is -0.294 e. The molecule has 0 N–H and O–H groups in total. The molecular formula is C20H20O. The molecule has 21 heavy (non-hydrogen) atoms. The lowest BCUT2D eigenvalue weighted by Gasteiger charge is -2.17. The van der Waals surface area contributed by atoms with Crippen molar-refractivity contribution in [1.82, 2.24) is 0 Å². The second-order valence-electron chi connectivity index (χ2n) is 5.80. The Balaban J connectivity index is 2.28. The van der Waals surface area contributed by atoms with Crippen molar-refractivity contribution >= 4 is 16.6 Å². The van der Waals surface area contributed by atoms with Gasteiger partial charge >= 0.3 is 0 Å². The molecular weight excluding hydrogens is 256 g/mol. The number of benzene rings is 2. The largest absolute Gasteiger partial charge is 0.294 e. The highest BCUT2D eigenvalue weighted by molar-refractivity contribution is 6.09. The summed E-state index contributed by atoms with van der Waals surface area (Å²) in [5.41, 5.74) is 4.64. The Morgan fingerprint density at radius 1 is 1.10 bits per heavy atom. The fourth-order valence-electron chi connectivity index (χ4n) is 3.26. The van der Waals surface area contributed by atoms with E-state index in [0.717, 1.165) is 21.9 Å². The molecule has 0 spiro atoms. The van der Waals surface area contributed by atoms with E-state index in [-0.39, 0.29) is 11.7 Å². The monoisotopic (exact) mass is 276 g/mol. The molecule has 0 amide bonds. The second kappa shape index (κ2) is 5.33. The number of carbonyl (C=O) groups excluding carboxylic acids is 1. The van der Waals surface area contributed by atoms with Gasteiger partial charge in [0.05, 0.1) is 0 Å². The Labute approximate surface area is 126 Å². The van der Waals surface area contributed by atoms with E-state index in [2.05, 4.69) is 50.3 Å². The molecule has 2 aromatic rings. The summed E-state index contributed by atoms with van der Waals surface area (Å²) >= 11 is 0. The Bertz CT molecular complexity index is 778. The molecule has 0 aliphatic heterocycles. The average Bonchev–Trinajstić information content (AvgIpc) is 2.83. The van der Waals surface area contributed by atoms with Gasteiger partial charge in [-0.3, -0.25) is 4.79 Å². The fourth-order valence-corrected chi connectivity index (χ4v) is 3.26. The maximum atomic E-state index is 12.6. The molecule has 0 aromatic heterocycles. The first kappa shape index (κ1) is 13.8. The summed E-state index contributed by atoms with van der Waals surface area (Å²) in [6.45, 7) is 6.20. The van der Waals surface area contributed by atoms with Gasteiger partial charge in [-0.25, -0.2) is 0 Å². The molecule has 0 radical (unpaired) electrons. The molecule has 0 heterocycles. The van der Waals surface area contributed by atoms with Crippen LogP contribution in [0.25, 0.3) is 10.8 Å². The molecule has 0 bridgehead atoms. The first-order chi connectivity index (χ1) is 10.1. The molecule has 2 aromatic carbocycles. The van der Waals surface area contributed by atoms with Crippen LogP contribution in [0, 0.1) is 0 Å². The highest BCUT2D eigenvalue weighted by Crippen LogP contribution is 2.37. The number of Topliss-reactive ketones (excluding diaryl/α,β-unsaturated/α-hetero) is 1. The maximum Gasteiger partial charge on any atom is 0.163 e. The number of ketones is 1. The summed E-state index contributed by atoms with van der Waals surface area (Å²) in [7, 11) is 0. The van der Waals surface area contributed by atoms with Crippen LogP contribution in [-0.4, -0.2) is 5.78 Å². The second-order valence-corrected chi connectivity index (χ2v) is 5.80. The van der Waals surface area contributed by atoms with E-state index in [1.165, 1.54) is 11.1 Å². The highest BCUT2D eigenvalue weighted by atomic mass is 16.1. The molecule has 1 unspecified atom stereocenters. The van der Waals surface area contributed by atoms with Crippen molar-refractivity contribution in [2.75, 3.05) is 0 Å². The molecule has 1 atom stereocenters. The minimum absolute atomic E-state index is 0.229. The van der Waals surface area contributed by atoms with E-state index in [1.807, 2.05) is 19.1 Å². The summed E-state index contributed by atoms with van der Waals surface area (Å²) in [4.78, 5) is 12.6. The van der Waals surface area contributed by atoms with Crippen LogP contribution < -0.4 is 0 Å². The van der Waals surface area contributed by atoms with Crippen LogP contribution in [0.3, 0.4) is 0 Å². The third-order valence-electron chi connectivity index (χ3n) is 4.27. The van der Waals surface area contributed by atoms with Gasteiger partial charge in [-0.2, -0.15) is 0 Å². The Hall–Kier alpha value is -2.15. The molecule has 1 aliphatic rings. The van der Waals surface area contributed by atoms with Crippen molar-refractivity contribution < 1.29 is 4.79 Å². The van der Waals surface area contributed by atoms with Crippen molar-refractivity contribution in [2.24, 2.45) is 0 Å². The molecule has 0 fully saturated rings. The van der Waals surface area contributed by atoms with Gasteiger partial charge in [-0.15, -0.1) is 0 Å². The first-order valence-electron chi connectivity index (χ1n) is 7.53. The van der Waals surface area contributed by atoms with Crippen LogP contribution in [0.5, 0.6) is 0 Å². The third-order valence-corrected chi connectivity index (χ3v) is 4.27. The van der Waals surface area contributed by atoms with E-state index >= 15 is 0 Å². The van der Waals surface area contributed by atoms with Gasteiger partial charge < -0.3 is 0 Å². The van der Waals surface area contributed by atoms with Gasteiger partial charge in [0.1, 0.15) is 0 Å². The van der Waals surface area contributed by atoms with Gasteiger partial charge in [-0.05, 0) is 30.2 Å². The van der Waals surface area contributed by atoms with Crippen molar-refractivity contribution in [3.8, 4) is 0 Å². The van der Waals surface area contributed by atoms with Crippen molar-refractivity contribution in [3.05, 3.63) is 70.8 Å². The molecule has 1 aliphatic carbocycles. The van der Waals surface area contributed by atoms with Crippen LogP contribution in [0.4, 0.5) is 0 Å². The van der Waals surface area contributed by atoms with E-state index in [9.17, 15) is 4.79 Å². The number of allylic oxidation sites excluding steroid dienone is 4. The van der Waals surface area contributed by atoms with E-state index < -0.39 is 0 Å². The number of fused-ring (bicyclic) bond motifs is 1. The van der Waals surface area contributed by atoms with E-state index in [1.54, 1.807) is 0 Å². The van der Waals surface area contributed by atoms with Gasteiger partial charge in [0, 0.05) is 17.9 Å². The summed E-state index contributed by atoms with van der Waals surface area (Å²) in [5.74, 6) is 0.465. The van der Waals surface area contributed by atoms with Gasteiger partial charge in [0.25, 0.3) is 0 Å². The lowest BCUT2D eigenvalue weighted by molar-refractivity contribution is 0.0989. The average molecular weight is 276 g/mol. The summed E-state index contributed by atoms with van der Waals surface area (Å²) in [6, 6.07) is 12.4. The lowest BCUT2D eigenvalue weighted by atomic mass is 9.85. The number of hydrogen-bond acceptors (Lipinski definition) is 1. The molecule has 0 saturated heterocycles. The predicted octanol–water partition coefficient (Wildman–Crippen LogP) is 5.42. The number of hydrogen-bond donors (Lipinski definition) is 0. The van der Waals surface area contributed by atoms with Crippen LogP contribution in [0.15, 0.2) is 59.7 Å². The summed E-state index contributed by atoms with van der Waals surface area (Å²) < 4.78 is 0. The van der Waals surface area contributed by atoms with Gasteiger partial charge in [0.15, 0.2) is 5.78 Å². The van der Waals surface area contributed by atoms with Crippen LogP contribution >= 0.6 is 0 Å². The number of carbonyl (C=O) groups is 1. The highest BCUT2D eigenvalue weighted by Gasteiger charge is 2.23. The zero-order valence-corrected chi connectivity index (χ0v) is 12.8. The molecule has 1 nitrogen and oxygen atoms in total. The van der Waals surface area contributed by atoms with E-state index in [0.29, 0.717) is 6.42 Å². The normalized spacial score (nSPS) is 17.8. The predicted molar refractivity (Wildman–Crippen MR) is 88.8 cm³/mol. The quantitative estimate of drug-likeness (QED) is 0.684. The standard InChI is InChI=1S/C20H20O/c1-4-19(21)20-16-8-6-5-7-15(16)9-10-17(20)18-12-13(2)11-14(18)3/h5-12,18H,4H2,1-3H3. The molecule has 106 valence electrons. The molecule has 0 saturated carbocycles.